The number of anilines is 2. The summed E-state index contributed by atoms with van der Waals surface area (Å²) in [7, 11) is 1.98. The molecule has 0 radical (unpaired) electrons. The molecule has 4 rings (SSSR count). The second-order valence-corrected chi connectivity index (χ2v) is 7.59. The van der Waals surface area contributed by atoms with E-state index in [2.05, 4.69) is 10.2 Å². The molecule has 0 spiro atoms. The summed E-state index contributed by atoms with van der Waals surface area (Å²) in [6.45, 7) is 2.45. The second-order valence-electron chi connectivity index (χ2n) is 7.59. The van der Waals surface area contributed by atoms with E-state index < -0.39 is 0 Å². The number of hydrogen-bond acceptors (Lipinski definition) is 3. The van der Waals surface area contributed by atoms with Gasteiger partial charge in [0.1, 0.15) is 12.0 Å². The van der Waals surface area contributed by atoms with Gasteiger partial charge in [-0.05, 0) is 62.1 Å². The summed E-state index contributed by atoms with van der Waals surface area (Å²) in [6, 6.07) is 9.75. The molecule has 0 bridgehead atoms. The first-order chi connectivity index (χ1) is 13.5. The molecule has 0 aromatic heterocycles. The fourth-order valence-corrected chi connectivity index (χ4v) is 4.06. The lowest BCUT2D eigenvalue weighted by Gasteiger charge is -2.43. The van der Waals surface area contributed by atoms with E-state index in [4.69, 9.17) is 0 Å². The molecule has 0 unspecified atom stereocenters. The maximum Gasteiger partial charge on any atom is 0.257 e. The Balaban J connectivity index is 1.62. The second kappa shape index (κ2) is 7.26. The molecule has 5 nitrogen and oxygen atoms in total. The lowest BCUT2D eigenvalue weighted by Crippen LogP contribution is -2.53. The average Bonchev–Trinajstić information content (AvgIpc) is 2.95. The highest BCUT2D eigenvalue weighted by atomic mass is 19.1. The van der Waals surface area contributed by atoms with Crippen LogP contribution in [0.5, 0.6) is 0 Å². The Morgan fingerprint density at radius 1 is 1.14 bits per heavy atom. The molecule has 0 aliphatic carbocycles. The first-order valence-electron chi connectivity index (χ1n) is 9.71. The molecule has 1 N–H and O–H groups in total. The predicted molar refractivity (Wildman–Crippen MR) is 107 cm³/mol. The molecular weight excluding hydrogens is 357 g/mol. The largest absolute Gasteiger partial charge is 0.354 e. The van der Waals surface area contributed by atoms with Crippen molar-refractivity contribution in [3.8, 4) is 0 Å². The minimum atomic E-state index is -0.359. The van der Waals surface area contributed by atoms with Crippen LogP contribution in [0.4, 0.5) is 15.8 Å². The highest BCUT2D eigenvalue weighted by Gasteiger charge is 2.36. The predicted octanol–water partition coefficient (Wildman–Crippen LogP) is 4.18. The Morgan fingerprint density at radius 2 is 1.96 bits per heavy atom. The van der Waals surface area contributed by atoms with Gasteiger partial charge in [0.05, 0.1) is 11.3 Å². The zero-order chi connectivity index (χ0) is 19.8. The zero-order valence-electron chi connectivity index (χ0n) is 16.2. The van der Waals surface area contributed by atoms with E-state index in [0.717, 1.165) is 37.9 Å². The third-order valence-electron chi connectivity index (χ3n) is 5.73. The molecule has 1 atom stereocenters. The number of benzene rings is 2. The van der Waals surface area contributed by atoms with Crippen LogP contribution in [0.3, 0.4) is 0 Å². The Morgan fingerprint density at radius 3 is 2.75 bits per heavy atom. The van der Waals surface area contributed by atoms with E-state index in [9.17, 15) is 14.0 Å². The summed E-state index contributed by atoms with van der Waals surface area (Å²) in [6.07, 6.45) is 4.21. The molecule has 2 aliphatic rings. The maximum absolute atomic E-state index is 13.7. The van der Waals surface area contributed by atoms with Gasteiger partial charge in [0.2, 0.25) is 0 Å². The van der Waals surface area contributed by atoms with Crippen LogP contribution in [0, 0.1) is 12.7 Å². The minimum absolute atomic E-state index is 0.0343. The number of nitrogens with one attached hydrogen (secondary N) is 1. The minimum Gasteiger partial charge on any atom is -0.354 e. The SMILES string of the molecule is Cc1ccc(NC(=O)c2ccc3c(c2)N(C)[C@H]2CCCCCN2C3=O)cc1F. The topological polar surface area (TPSA) is 52.7 Å². The molecule has 2 aromatic carbocycles. The number of nitrogens with zero attached hydrogens (tertiary/aromatic N) is 2. The van der Waals surface area contributed by atoms with Crippen molar-refractivity contribution in [3.63, 3.8) is 0 Å². The van der Waals surface area contributed by atoms with Crippen LogP contribution in [0.25, 0.3) is 0 Å². The van der Waals surface area contributed by atoms with E-state index in [1.165, 1.54) is 6.07 Å². The third kappa shape index (κ3) is 3.23. The molecule has 0 saturated carbocycles. The van der Waals surface area contributed by atoms with Gasteiger partial charge in [-0.2, -0.15) is 0 Å². The number of hydrogen-bond donors (Lipinski definition) is 1. The molecule has 2 heterocycles. The highest BCUT2D eigenvalue weighted by molar-refractivity contribution is 6.08. The van der Waals surface area contributed by atoms with Gasteiger partial charge in [0, 0.05) is 24.8 Å². The van der Waals surface area contributed by atoms with E-state index >= 15 is 0 Å². The summed E-state index contributed by atoms with van der Waals surface area (Å²) in [5, 5.41) is 2.73. The maximum atomic E-state index is 13.7. The Labute approximate surface area is 164 Å². The molecule has 2 aliphatic heterocycles. The molecular formula is C22H24FN3O2. The average molecular weight is 381 g/mol. The molecule has 2 amide bonds. The van der Waals surface area contributed by atoms with Crippen molar-refractivity contribution in [2.45, 2.75) is 38.8 Å². The van der Waals surface area contributed by atoms with Crippen LogP contribution in [-0.4, -0.2) is 36.5 Å². The van der Waals surface area contributed by atoms with Crippen molar-refractivity contribution in [2.24, 2.45) is 0 Å². The van der Waals surface area contributed by atoms with Crippen molar-refractivity contribution >= 4 is 23.2 Å². The third-order valence-corrected chi connectivity index (χ3v) is 5.73. The summed E-state index contributed by atoms with van der Waals surface area (Å²) in [4.78, 5) is 29.7. The Hall–Kier alpha value is -2.89. The van der Waals surface area contributed by atoms with Gasteiger partial charge in [0.15, 0.2) is 0 Å². The smallest absolute Gasteiger partial charge is 0.257 e. The van der Waals surface area contributed by atoms with Crippen LogP contribution in [-0.2, 0) is 0 Å². The van der Waals surface area contributed by atoms with Crippen LogP contribution in [0.1, 0.15) is 52.0 Å². The van der Waals surface area contributed by atoms with E-state index in [1.807, 2.05) is 11.9 Å². The first kappa shape index (κ1) is 18.5. The quantitative estimate of drug-likeness (QED) is 0.849. The van der Waals surface area contributed by atoms with Gasteiger partial charge >= 0.3 is 0 Å². The van der Waals surface area contributed by atoms with E-state index in [0.29, 0.717) is 22.4 Å². The highest BCUT2D eigenvalue weighted by Crippen LogP contribution is 2.34. The van der Waals surface area contributed by atoms with Gasteiger partial charge in [0.25, 0.3) is 11.8 Å². The van der Waals surface area contributed by atoms with Gasteiger partial charge in [-0.1, -0.05) is 12.5 Å². The number of amides is 2. The Bertz CT molecular complexity index is 943. The number of fused-ring (bicyclic) bond motifs is 2. The summed E-state index contributed by atoms with van der Waals surface area (Å²) >= 11 is 0. The summed E-state index contributed by atoms with van der Waals surface area (Å²) in [5.41, 5.74) is 2.78. The van der Waals surface area contributed by atoms with Crippen molar-refractivity contribution in [1.82, 2.24) is 4.90 Å². The van der Waals surface area contributed by atoms with Crippen LogP contribution >= 0.6 is 0 Å². The summed E-state index contributed by atoms with van der Waals surface area (Å²) < 4.78 is 13.7. The van der Waals surface area contributed by atoms with Gasteiger partial charge in [-0.3, -0.25) is 9.59 Å². The fraction of sp³-hybridized carbons (Fsp3) is 0.364. The molecule has 28 heavy (non-hydrogen) atoms. The van der Waals surface area contributed by atoms with Crippen molar-refractivity contribution < 1.29 is 14.0 Å². The number of halogens is 1. The number of rotatable bonds is 2. The molecule has 2 aromatic rings. The normalized spacial score (nSPS) is 19.0. The van der Waals surface area contributed by atoms with E-state index in [-0.39, 0.29) is 23.8 Å². The zero-order valence-corrected chi connectivity index (χ0v) is 16.2. The number of carbonyl (C=O) groups is 2. The number of carbonyl (C=O) groups excluding carboxylic acids is 2. The molecule has 1 fully saturated rings. The molecule has 146 valence electrons. The number of aryl methyl sites for hydroxylation is 1. The first-order valence-corrected chi connectivity index (χ1v) is 9.71. The van der Waals surface area contributed by atoms with Crippen molar-refractivity contribution in [3.05, 3.63) is 58.9 Å². The molecule has 6 heteroatoms. The summed E-state index contributed by atoms with van der Waals surface area (Å²) in [5.74, 6) is -0.648. The van der Waals surface area contributed by atoms with Gasteiger partial charge < -0.3 is 15.1 Å². The van der Waals surface area contributed by atoms with E-state index in [1.54, 1.807) is 37.3 Å². The molecule has 1 saturated heterocycles. The van der Waals surface area contributed by atoms with Crippen LogP contribution < -0.4 is 10.2 Å². The standard InChI is InChI=1S/C22H24FN3O2/c1-14-7-9-16(13-18(14)23)24-21(27)15-8-10-17-19(12-15)25(2)20-6-4-3-5-11-26(20)22(17)28/h7-10,12-13,20H,3-6,11H2,1-2H3,(H,24,27)/t20-/m1/s1. The van der Waals surface area contributed by atoms with Gasteiger partial charge in [-0.25, -0.2) is 4.39 Å². The van der Waals surface area contributed by atoms with Crippen LogP contribution in [0.2, 0.25) is 0 Å². The van der Waals surface area contributed by atoms with Crippen molar-refractivity contribution in [1.29, 1.82) is 0 Å². The van der Waals surface area contributed by atoms with Crippen molar-refractivity contribution in [2.75, 3.05) is 23.8 Å². The lowest BCUT2D eigenvalue weighted by molar-refractivity contribution is 0.0661. The lowest BCUT2D eigenvalue weighted by atomic mass is 10.0. The fourth-order valence-electron chi connectivity index (χ4n) is 4.06. The monoisotopic (exact) mass is 381 g/mol. The van der Waals surface area contributed by atoms with Gasteiger partial charge in [-0.15, -0.1) is 0 Å². The van der Waals surface area contributed by atoms with Crippen LogP contribution in [0.15, 0.2) is 36.4 Å². The Kier molecular flexibility index (Phi) is 4.79.